The topological polar surface area (TPSA) is 436 Å². The lowest BCUT2D eigenvalue weighted by atomic mass is 10.0. The summed E-state index contributed by atoms with van der Waals surface area (Å²) in [6.07, 6.45) is 8.13. The van der Waals surface area contributed by atoms with Gasteiger partial charge in [-0.3, -0.25) is 43.3 Å². The molecule has 0 aromatic carbocycles. The van der Waals surface area contributed by atoms with Gasteiger partial charge in [-0.05, 0) is 77.2 Å². The number of nitrogens with zero attached hydrogens (tertiary/aromatic N) is 1. The number of guanidine groups is 1. The lowest BCUT2D eigenvalue weighted by Gasteiger charge is -2.30. The Morgan fingerprint density at radius 1 is 0.718 bits per heavy atom. The molecule has 25 heteroatoms. The highest BCUT2D eigenvalue weighted by atomic mass is 16.3. The van der Waals surface area contributed by atoms with Crippen molar-refractivity contribution in [1.82, 2.24) is 42.5 Å². The van der Waals surface area contributed by atoms with E-state index in [1.54, 1.807) is 13.8 Å². The van der Waals surface area contributed by atoms with Gasteiger partial charge in [0, 0.05) is 32.6 Å². The van der Waals surface area contributed by atoms with Crippen molar-refractivity contribution < 1.29 is 53.7 Å². The quantitative estimate of drug-likeness (QED) is 0.0144. The van der Waals surface area contributed by atoms with E-state index in [1.807, 2.05) is 0 Å². The summed E-state index contributed by atoms with van der Waals surface area (Å²) in [5.41, 5.74) is 27.7. The van der Waals surface area contributed by atoms with Gasteiger partial charge in [0.15, 0.2) is 5.96 Å². The van der Waals surface area contributed by atoms with E-state index < -0.39 is 127 Å². The molecule has 25 nitrogen and oxygen atoms in total. The van der Waals surface area contributed by atoms with Crippen LogP contribution in [-0.4, -0.2) is 156 Å². The minimum atomic E-state index is -1.91. The lowest BCUT2D eigenvalue weighted by Crippen LogP contribution is -2.64. The van der Waals surface area contributed by atoms with Crippen LogP contribution in [0, 0.1) is 5.92 Å². The molecule has 0 aromatic heterocycles. The molecule has 1 aliphatic heterocycles. The molecule has 21 N–H and O–H groups in total. The second kappa shape index (κ2) is 35.4. The number of β-amino-alcohol motifs (C(OH)–C–C–N with tert-alkyl or cyclic N) is 1. The van der Waals surface area contributed by atoms with Crippen LogP contribution in [0.2, 0.25) is 0 Å². The smallest absolute Gasteiger partial charge is 0.268 e. The Bertz CT molecular complexity index is 1800. The molecule has 0 saturated carbocycles. The normalized spacial score (nSPS) is 24.2. The molecule has 0 aliphatic carbocycles. The Balaban J connectivity index is 3.73. The highest BCUT2D eigenvalue weighted by molar-refractivity contribution is 6.02. The number of carbonyl (C=O) groups is 8. The predicted molar refractivity (Wildman–Crippen MR) is 267 cm³/mol. The number of aliphatic imine (C=N–C) groups is 1. The first kappa shape index (κ1) is 63.3. The molecule has 404 valence electrons. The number of allylic oxidation sites excluding steroid dienone is 3. The van der Waals surface area contributed by atoms with Crippen molar-refractivity contribution in [2.45, 2.75) is 172 Å². The van der Waals surface area contributed by atoms with Gasteiger partial charge >= 0.3 is 0 Å². The van der Waals surface area contributed by atoms with E-state index in [2.05, 4.69) is 66.6 Å². The van der Waals surface area contributed by atoms with E-state index in [-0.39, 0.29) is 57.1 Å². The van der Waals surface area contributed by atoms with E-state index >= 15 is 0 Å². The van der Waals surface area contributed by atoms with E-state index in [0.29, 0.717) is 12.8 Å². The summed E-state index contributed by atoms with van der Waals surface area (Å²) < 4.78 is 0. The van der Waals surface area contributed by atoms with Crippen LogP contribution in [0.15, 0.2) is 28.9 Å². The maximum atomic E-state index is 14.0. The molecule has 1 fully saturated rings. The summed E-state index contributed by atoms with van der Waals surface area (Å²) in [5, 5.41) is 52.6. The van der Waals surface area contributed by atoms with Crippen molar-refractivity contribution in [2.75, 3.05) is 32.7 Å². The molecule has 0 unspecified atom stereocenters. The SMILES string of the molecule is CC=C1NC(=O)[C@@H](NC(=O)CCCCC/C=C\CCCCCC)[C@H](O)CNC(=O)[C@H]([C@@H](O)CN)NC(=O)[C@H]([C@H](O)CN)NC(=O)[C@H](CCCN=C(N)N)NC(=O)[C@H](CC(C)C)NC(=O)[C@H](CCN)NC1=O. The van der Waals surface area contributed by atoms with Crippen molar-refractivity contribution in [3.05, 3.63) is 23.9 Å². The van der Waals surface area contributed by atoms with Crippen molar-refractivity contribution in [1.29, 1.82) is 0 Å². The Kier molecular flexibility index (Phi) is 31.5. The highest BCUT2D eigenvalue weighted by Gasteiger charge is 2.38. The molecular weight excluding hydrogens is 925 g/mol. The minimum absolute atomic E-state index is 0.00575. The van der Waals surface area contributed by atoms with Crippen LogP contribution in [-0.2, 0) is 38.4 Å². The molecule has 0 aromatic rings. The van der Waals surface area contributed by atoms with E-state index in [9.17, 15) is 53.7 Å². The number of amides is 8. The Hall–Kier alpha value is -5.73. The van der Waals surface area contributed by atoms with Crippen LogP contribution < -0.4 is 71.2 Å². The van der Waals surface area contributed by atoms with Crippen molar-refractivity contribution in [2.24, 2.45) is 39.6 Å². The average Bonchev–Trinajstić information content (AvgIpc) is 3.33. The third-order valence-corrected chi connectivity index (χ3v) is 11.3. The van der Waals surface area contributed by atoms with E-state index in [4.69, 9.17) is 28.7 Å². The van der Waals surface area contributed by atoms with Gasteiger partial charge in [-0.1, -0.05) is 64.7 Å². The van der Waals surface area contributed by atoms with Gasteiger partial charge in [-0.15, -0.1) is 0 Å². The highest BCUT2D eigenvalue weighted by Crippen LogP contribution is 2.11. The second-order valence-electron chi connectivity index (χ2n) is 17.9. The van der Waals surface area contributed by atoms with Crippen LogP contribution >= 0.6 is 0 Å². The lowest BCUT2D eigenvalue weighted by molar-refractivity contribution is -0.138. The molecule has 0 bridgehead atoms. The van der Waals surface area contributed by atoms with Gasteiger partial charge in [0.25, 0.3) is 5.91 Å². The van der Waals surface area contributed by atoms with E-state index in [0.717, 1.165) is 32.1 Å². The van der Waals surface area contributed by atoms with Crippen LogP contribution in [0.1, 0.15) is 118 Å². The van der Waals surface area contributed by atoms with Crippen LogP contribution in [0.4, 0.5) is 0 Å². The molecule has 8 amide bonds. The van der Waals surface area contributed by atoms with Gasteiger partial charge < -0.3 is 86.5 Å². The monoisotopic (exact) mass is 1010 g/mol. The Morgan fingerprint density at radius 2 is 1.27 bits per heavy atom. The maximum Gasteiger partial charge on any atom is 0.268 e. The Morgan fingerprint density at radius 3 is 1.83 bits per heavy atom. The fraction of sp³-hybridized carbons (Fsp3) is 0.717. The minimum Gasteiger partial charge on any atom is -0.389 e. The molecule has 1 rings (SSSR count). The largest absolute Gasteiger partial charge is 0.389 e. The first-order valence-corrected chi connectivity index (χ1v) is 24.7. The number of nitrogens with one attached hydrogen (secondary N) is 8. The van der Waals surface area contributed by atoms with Crippen LogP contribution in [0.25, 0.3) is 0 Å². The molecule has 0 spiro atoms. The zero-order valence-electron chi connectivity index (χ0n) is 41.9. The first-order valence-electron chi connectivity index (χ1n) is 24.7. The van der Waals surface area contributed by atoms with Crippen molar-refractivity contribution in [3.63, 3.8) is 0 Å². The number of rotatable bonds is 24. The van der Waals surface area contributed by atoms with E-state index in [1.165, 1.54) is 25.8 Å². The number of aliphatic hydroxyl groups excluding tert-OH is 3. The zero-order chi connectivity index (χ0) is 53.5. The summed E-state index contributed by atoms with van der Waals surface area (Å²) in [7, 11) is 0. The molecule has 9 atom stereocenters. The molecule has 1 aliphatic rings. The zero-order valence-corrected chi connectivity index (χ0v) is 41.9. The average molecular weight is 1010 g/mol. The fourth-order valence-electron chi connectivity index (χ4n) is 7.27. The maximum absolute atomic E-state index is 14.0. The molecular formula is C46H84N14O11. The summed E-state index contributed by atoms with van der Waals surface area (Å²) in [4.78, 5) is 114. The number of unbranched alkanes of at least 4 members (excludes halogenated alkanes) is 7. The third kappa shape index (κ3) is 24.8. The van der Waals surface area contributed by atoms with Crippen LogP contribution in [0.5, 0.6) is 0 Å². The number of hydrogen-bond donors (Lipinski definition) is 16. The third-order valence-electron chi connectivity index (χ3n) is 11.3. The van der Waals surface area contributed by atoms with Gasteiger partial charge in [-0.2, -0.15) is 0 Å². The number of hydrogen-bond acceptors (Lipinski definition) is 15. The molecule has 71 heavy (non-hydrogen) atoms. The van der Waals surface area contributed by atoms with Gasteiger partial charge in [0.1, 0.15) is 48.1 Å². The Labute approximate surface area is 416 Å². The summed E-state index contributed by atoms with van der Waals surface area (Å²) >= 11 is 0. The number of nitrogens with two attached hydrogens (primary N) is 5. The molecule has 1 heterocycles. The predicted octanol–water partition coefficient (Wildman–Crippen LogP) is -4.03. The van der Waals surface area contributed by atoms with Crippen molar-refractivity contribution in [3.8, 4) is 0 Å². The standard InChI is InChI=1S/C46H84N14O11/c1-5-7-8-9-10-11-12-13-14-15-16-19-35(64)58-38-34(63)26-53-43(69)36(32(61)24-48)60-45(71)37(33(62)25-49)59-41(67)29(18-17-22-52-46(50)51)55-42(68)31(23-27(3)4)57-40(66)30(20-21-47)56-39(65)28(6-2)54-44(38)70/h6,11-12,27,29-34,36-38,61-63H,5,7-10,13-26,47-49H2,1-4H3,(H,53,69)(H,54,70)(H,55,68)(H,56,65)(H,57,66)(H,58,64)(H,59,67)(H,60,71)(H4,50,51,52)/b12-11-,28-6?/t29-,30-,31-,32-,33+,34+,36-,37-,38-/m0/s1. The second-order valence-corrected chi connectivity index (χ2v) is 17.9. The summed E-state index contributed by atoms with van der Waals surface area (Å²) in [6, 6.07) is -9.81. The van der Waals surface area contributed by atoms with Gasteiger partial charge in [0.2, 0.25) is 41.4 Å². The molecule has 1 saturated heterocycles. The van der Waals surface area contributed by atoms with Crippen molar-refractivity contribution >= 4 is 53.2 Å². The van der Waals surface area contributed by atoms with Gasteiger partial charge in [-0.25, -0.2) is 0 Å². The fourth-order valence-corrected chi connectivity index (χ4v) is 7.27. The number of carbonyl (C=O) groups excluding carboxylic acids is 8. The molecule has 0 radical (unpaired) electrons. The summed E-state index contributed by atoms with van der Waals surface area (Å²) in [5.74, 6) is -8.32. The number of aliphatic hydroxyl groups is 3. The van der Waals surface area contributed by atoms with Gasteiger partial charge in [0.05, 0.1) is 12.2 Å². The van der Waals surface area contributed by atoms with Crippen LogP contribution in [0.3, 0.4) is 0 Å². The first-order chi connectivity index (χ1) is 33.7. The summed E-state index contributed by atoms with van der Waals surface area (Å²) in [6.45, 7) is 4.97.